The first kappa shape index (κ1) is 9.25. The van der Waals surface area contributed by atoms with Crippen LogP contribution in [-0.2, 0) is 5.41 Å². The van der Waals surface area contributed by atoms with Gasteiger partial charge in [0.1, 0.15) is 5.69 Å². The van der Waals surface area contributed by atoms with Crippen LogP contribution in [0.25, 0.3) is 0 Å². The first-order valence-electron chi connectivity index (χ1n) is 3.40. The fourth-order valence-electron chi connectivity index (χ4n) is 0.747. The van der Waals surface area contributed by atoms with Crippen LogP contribution >= 0.6 is 12.6 Å². The highest BCUT2D eigenvalue weighted by molar-refractivity contribution is 7.80. The normalized spacial score (nSPS) is 11.7. The molecule has 5 heteroatoms. The number of hydrogen-bond acceptors (Lipinski definition) is 5. The van der Waals surface area contributed by atoms with Crippen LogP contribution in [0.3, 0.4) is 0 Å². The average molecular weight is 184 g/mol. The molecule has 0 aromatic carbocycles. The van der Waals surface area contributed by atoms with Gasteiger partial charge in [-0.2, -0.15) is 4.98 Å². The van der Waals surface area contributed by atoms with E-state index >= 15 is 0 Å². The van der Waals surface area contributed by atoms with Crippen LogP contribution in [0.5, 0.6) is 5.88 Å². The minimum Gasteiger partial charge on any atom is -0.492 e. The summed E-state index contributed by atoms with van der Waals surface area (Å²) in [7, 11) is 0. The maximum absolute atomic E-state index is 9.32. The number of rotatable bonds is 1. The highest BCUT2D eigenvalue weighted by Crippen LogP contribution is 2.25. The molecular weight excluding hydrogens is 174 g/mol. The van der Waals surface area contributed by atoms with Gasteiger partial charge in [0.2, 0.25) is 11.0 Å². The lowest BCUT2D eigenvalue weighted by molar-refractivity contribution is 0.412. The Kier molecular flexibility index (Phi) is 2.23. The number of nitrogens with zero attached hydrogens (tertiary/aromatic N) is 3. The molecule has 0 aliphatic heterocycles. The van der Waals surface area contributed by atoms with E-state index in [1.54, 1.807) is 0 Å². The SMILES string of the molecule is [CH2]C(C)(C)c1nnc(S)nc1O. The van der Waals surface area contributed by atoms with Crippen LogP contribution in [0.1, 0.15) is 19.5 Å². The van der Waals surface area contributed by atoms with Crippen molar-refractivity contribution in [1.29, 1.82) is 0 Å². The Balaban J connectivity index is 3.19. The van der Waals surface area contributed by atoms with Gasteiger partial charge in [0.25, 0.3) is 0 Å². The molecule has 12 heavy (non-hydrogen) atoms. The molecule has 0 saturated heterocycles. The van der Waals surface area contributed by atoms with Crippen molar-refractivity contribution in [1.82, 2.24) is 15.2 Å². The lowest BCUT2D eigenvalue weighted by Gasteiger charge is -2.16. The third-order valence-corrected chi connectivity index (χ3v) is 1.49. The summed E-state index contributed by atoms with van der Waals surface area (Å²) in [6.07, 6.45) is 0. The molecule has 1 heterocycles. The summed E-state index contributed by atoms with van der Waals surface area (Å²) < 4.78 is 0. The standard InChI is InChI=1S/C7H10N3OS/c1-7(2,3)4-5(11)8-6(12)10-9-4/h1H2,2-3H3,(H2,8,10,11,12). The Morgan fingerprint density at radius 1 is 1.42 bits per heavy atom. The van der Waals surface area contributed by atoms with Gasteiger partial charge in [-0.1, -0.05) is 13.8 Å². The molecule has 0 aliphatic carbocycles. The lowest BCUT2D eigenvalue weighted by atomic mass is 9.92. The highest BCUT2D eigenvalue weighted by atomic mass is 32.1. The Morgan fingerprint density at radius 2 is 2.00 bits per heavy atom. The first-order valence-corrected chi connectivity index (χ1v) is 3.84. The molecule has 0 aliphatic rings. The first-order chi connectivity index (χ1) is 5.41. The van der Waals surface area contributed by atoms with Crippen LogP contribution in [-0.4, -0.2) is 20.3 Å². The van der Waals surface area contributed by atoms with Gasteiger partial charge in [-0.05, 0) is 6.92 Å². The van der Waals surface area contributed by atoms with Gasteiger partial charge in [-0.15, -0.1) is 22.8 Å². The van der Waals surface area contributed by atoms with Gasteiger partial charge < -0.3 is 5.11 Å². The predicted molar refractivity (Wildman–Crippen MR) is 47.1 cm³/mol. The summed E-state index contributed by atoms with van der Waals surface area (Å²) in [4.78, 5) is 3.65. The molecule has 1 aromatic heterocycles. The van der Waals surface area contributed by atoms with Crippen molar-refractivity contribution in [2.24, 2.45) is 0 Å². The van der Waals surface area contributed by atoms with E-state index in [9.17, 15) is 5.11 Å². The highest BCUT2D eigenvalue weighted by Gasteiger charge is 2.21. The monoisotopic (exact) mass is 184 g/mol. The fourth-order valence-corrected chi connectivity index (χ4v) is 0.887. The zero-order chi connectivity index (χ0) is 9.35. The second kappa shape index (κ2) is 2.90. The van der Waals surface area contributed by atoms with E-state index in [1.807, 2.05) is 13.8 Å². The van der Waals surface area contributed by atoms with Gasteiger partial charge in [0, 0.05) is 5.41 Å². The molecule has 1 N–H and O–H groups in total. The minimum absolute atomic E-state index is 0.153. The van der Waals surface area contributed by atoms with Crippen molar-refractivity contribution < 1.29 is 5.11 Å². The minimum atomic E-state index is -0.494. The maximum Gasteiger partial charge on any atom is 0.238 e. The Labute approximate surface area is 76.5 Å². The van der Waals surface area contributed by atoms with Crippen LogP contribution in [0.4, 0.5) is 0 Å². The summed E-state index contributed by atoms with van der Waals surface area (Å²) >= 11 is 3.83. The van der Waals surface area contributed by atoms with Crippen molar-refractivity contribution in [2.45, 2.75) is 24.4 Å². The molecule has 4 nitrogen and oxygen atoms in total. The van der Waals surface area contributed by atoms with Crippen molar-refractivity contribution in [2.75, 3.05) is 0 Å². The molecule has 0 bridgehead atoms. The second-order valence-corrected chi connectivity index (χ2v) is 3.57. The summed E-state index contributed by atoms with van der Waals surface area (Å²) in [5.74, 6) is -0.157. The summed E-state index contributed by atoms with van der Waals surface area (Å²) in [6.45, 7) is 7.44. The average Bonchev–Trinajstić information content (AvgIpc) is 1.83. The molecule has 1 aromatic rings. The Bertz CT molecular complexity index is 295. The molecule has 0 fully saturated rings. The zero-order valence-electron chi connectivity index (χ0n) is 6.94. The number of thiol groups is 1. The lowest BCUT2D eigenvalue weighted by Crippen LogP contribution is -2.15. The molecule has 1 radical (unpaired) electrons. The van der Waals surface area contributed by atoms with Crippen molar-refractivity contribution in [3.8, 4) is 5.88 Å². The van der Waals surface area contributed by atoms with E-state index in [-0.39, 0.29) is 11.0 Å². The Morgan fingerprint density at radius 3 is 2.42 bits per heavy atom. The van der Waals surface area contributed by atoms with Gasteiger partial charge in [-0.3, -0.25) is 0 Å². The van der Waals surface area contributed by atoms with Crippen LogP contribution in [0.15, 0.2) is 5.16 Å². The zero-order valence-corrected chi connectivity index (χ0v) is 7.84. The van der Waals surface area contributed by atoms with E-state index < -0.39 is 5.41 Å². The van der Waals surface area contributed by atoms with Crippen molar-refractivity contribution in [3.63, 3.8) is 0 Å². The number of hydrogen-bond donors (Lipinski definition) is 2. The van der Waals surface area contributed by atoms with Crippen molar-refractivity contribution in [3.05, 3.63) is 12.6 Å². The van der Waals surface area contributed by atoms with Crippen LogP contribution in [0, 0.1) is 6.92 Å². The van der Waals surface area contributed by atoms with Crippen molar-refractivity contribution >= 4 is 12.6 Å². The van der Waals surface area contributed by atoms with Gasteiger partial charge >= 0.3 is 0 Å². The quantitative estimate of drug-likeness (QED) is 0.639. The Hall–Kier alpha value is -0.840. The van der Waals surface area contributed by atoms with E-state index in [0.717, 1.165) is 0 Å². The molecule has 0 saturated carbocycles. The molecule has 65 valence electrons. The van der Waals surface area contributed by atoms with E-state index in [2.05, 4.69) is 34.7 Å². The van der Waals surface area contributed by atoms with E-state index in [1.165, 1.54) is 0 Å². The van der Waals surface area contributed by atoms with Gasteiger partial charge in [-0.25, -0.2) is 0 Å². The van der Waals surface area contributed by atoms with Gasteiger partial charge in [0.15, 0.2) is 0 Å². The summed E-state index contributed by atoms with van der Waals surface area (Å²) in [5.41, 5.74) is -0.119. The topological polar surface area (TPSA) is 58.9 Å². The third kappa shape index (κ3) is 1.85. The maximum atomic E-state index is 9.32. The molecule has 0 amide bonds. The van der Waals surface area contributed by atoms with Crippen LogP contribution < -0.4 is 0 Å². The molecular formula is C7H10N3OS. The predicted octanol–water partition coefficient (Wildman–Crippen LogP) is 0.978. The molecule has 0 unspecified atom stereocenters. The largest absolute Gasteiger partial charge is 0.492 e. The molecule has 0 spiro atoms. The third-order valence-electron chi connectivity index (χ3n) is 1.30. The molecule has 1 rings (SSSR count). The number of aromatic nitrogens is 3. The second-order valence-electron chi connectivity index (χ2n) is 3.17. The number of aromatic hydroxyl groups is 1. The molecule has 0 atom stereocenters. The van der Waals surface area contributed by atoms with E-state index in [4.69, 9.17) is 0 Å². The van der Waals surface area contributed by atoms with E-state index in [0.29, 0.717) is 5.69 Å². The summed E-state index contributed by atoms with van der Waals surface area (Å²) in [6, 6.07) is 0. The summed E-state index contributed by atoms with van der Waals surface area (Å²) in [5, 5.41) is 16.8. The van der Waals surface area contributed by atoms with Crippen LogP contribution in [0.2, 0.25) is 0 Å². The van der Waals surface area contributed by atoms with Gasteiger partial charge in [0.05, 0.1) is 0 Å². The fraction of sp³-hybridized carbons (Fsp3) is 0.429. The smallest absolute Gasteiger partial charge is 0.238 e.